The second-order valence-electron chi connectivity index (χ2n) is 6.31. The zero-order chi connectivity index (χ0) is 20.8. The summed E-state index contributed by atoms with van der Waals surface area (Å²) in [6.45, 7) is 1.95. The third kappa shape index (κ3) is 4.76. The molecule has 0 saturated heterocycles. The van der Waals surface area contributed by atoms with E-state index in [-0.39, 0.29) is 5.91 Å². The molecule has 0 saturated carbocycles. The number of nitrogens with zero attached hydrogens (tertiary/aromatic N) is 1. The summed E-state index contributed by atoms with van der Waals surface area (Å²) in [5.74, 6) is 1.63. The van der Waals surface area contributed by atoms with Crippen LogP contribution in [-0.4, -0.2) is 32.2 Å². The van der Waals surface area contributed by atoms with Gasteiger partial charge in [0.15, 0.2) is 0 Å². The van der Waals surface area contributed by atoms with Crippen LogP contribution in [0.3, 0.4) is 0 Å². The molecule has 29 heavy (non-hydrogen) atoms. The monoisotopic (exact) mass is 393 g/mol. The number of hydrogen-bond acceptors (Lipinski definition) is 6. The van der Waals surface area contributed by atoms with Crippen molar-refractivity contribution in [2.45, 2.75) is 6.92 Å². The lowest BCUT2D eigenvalue weighted by atomic mass is 10.2. The number of rotatable bonds is 7. The Hall–Kier alpha value is -3.74. The number of pyridine rings is 1. The van der Waals surface area contributed by atoms with Crippen LogP contribution in [0.2, 0.25) is 0 Å². The van der Waals surface area contributed by atoms with Gasteiger partial charge in [-0.1, -0.05) is 6.07 Å². The van der Waals surface area contributed by atoms with Crippen LogP contribution < -0.4 is 24.8 Å². The summed E-state index contributed by atoms with van der Waals surface area (Å²) in [5.41, 5.74) is 3.36. The number of nitrogens with one attached hydrogen (secondary N) is 2. The summed E-state index contributed by atoms with van der Waals surface area (Å²) < 4.78 is 16.0. The lowest BCUT2D eigenvalue weighted by Crippen LogP contribution is -2.13. The Morgan fingerprint density at radius 2 is 1.59 bits per heavy atom. The first-order valence-corrected chi connectivity index (χ1v) is 8.94. The van der Waals surface area contributed by atoms with Crippen molar-refractivity contribution in [2.24, 2.45) is 0 Å². The topological polar surface area (TPSA) is 81.7 Å². The fourth-order valence-electron chi connectivity index (χ4n) is 2.81. The van der Waals surface area contributed by atoms with E-state index in [2.05, 4.69) is 15.6 Å². The highest BCUT2D eigenvalue weighted by atomic mass is 16.5. The first-order valence-electron chi connectivity index (χ1n) is 8.94. The van der Waals surface area contributed by atoms with Crippen LogP contribution in [0.25, 0.3) is 0 Å². The predicted octanol–water partition coefficient (Wildman–Crippen LogP) is 4.41. The number of ether oxygens (including phenoxy) is 3. The van der Waals surface area contributed by atoms with Crippen molar-refractivity contribution in [3.05, 3.63) is 66.0 Å². The normalized spacial score (nSPS) is 10.2. The zero-order valence-electron chi connectivity index (χ0n) is 16.8. The van der Waals surface area contributed by atoms with Crippen LogP contribution in [0, 0.1) is 6.92 Å². The molecule has 7 heteroatoms. The van der Waals surface area contributed by atoms with Gasteiger partial charge in [-0.05, 0) is 42.8 Å². The Labute approximate surface area is 169 Å². The third-order valence-corrected chi connectivity index (χ3v) is 4.29. The summed E-state index contributed by atoms with van der Waals surface area (Å²) in [6, 6.07) is 12.7. The summed E-state index contributed by atoms with van der Waals surface area (Å²) in [5, 5.41) is 6.09. The minimum atomic E-state index is -0.289. The quantitative estimate of drug-likeness (QED) is 0.619. The molecule has 0 aliphatic carbocycles. The van der Waals surface area contributed by atoms with Gasteiger partial charge in [0.25, 0.3) is 5.91 Å². The van der Waals surface area contributed by atoms with Gasteiger partial charge in [0.05, 0.1) is 50.2 Å². The van der Waals surface area contributed by atoms with Gasteiger partial charge in [-0.3, -0.25) is 9.78 Å². The van der Waals surface area contributed by atoms with E-state index in [1.54, 1.807) is 45.7 Å². The fourth-order valence-corrected chi connectivity index (χ4v) is 2.81. The Balaban J connectivity index is 1.83. The highest BCUT2D eigenvalue weighted by Gasteiger charge is 2.12. The minimum absolute atomic E-state index is 0.289. The average Bonchev–Trinajstić information content (AvgIpc) is 2.74. The van der Waals surface area contributed by atoms with Crippen LogP contribution in [0.15, 0.2) is 54.9 Å². The Morgan fingerprint density at radius 1 is 0.862 bits per heavy atom. The maximum absolute atomic E-state index is 12.7. The molecule has 0 fully saturated rings. The van der Waals surface area contributed by atoms with Crippen molar-refractivity contribution >= 4 is 23.0 Å². The average molecular weight is 393 g/mol. The molecule has 2 N–H and O–H groups in total. The van der Waals surface area contributed by atoms with E-state index in [0.29, 0.717) is 39.9 Å². The van der Waals surface area contributed by atoms with E-state index < -0.39 is 0 Å². The summed E-state index contributed by atoms with van der Waals surface area (Å²) in [4.78, 5) is 16.9. The molecule has 1 aromatic heterocycles. The molecule has 0 spiro atoms. The number of methoxy groups -OCH3 is 3. The van der Waals surface area contributed by atoms with Crippen LogP contribution in [0.5, 0.6) is 17.2 Å². The van der Waals surface area contributed by atoms with Crippen LogP contribution >= 0.6 is 0 Å². The minimum Gasteiger partial charge on any atom is -0.497 e. The van der Waals surface area contributed by atoms with Crippen molar-refractivity contribution in [1.29, 1.82) is 0 Å². The van der Waals surface area contributed by atoms with Gasteiger partial charge < -0.3 is 24.8 Å². The Kier molecular flexibility index (Phi) is 6.19. The van der Waals surface area contributed by atoms with E-state index in [1.807, 2.05) is 31.2 Å². The van der Waals surface area contributed by atoms with Gasteiger partial charge in [0.1, 0.15) is 17.2 Å². The van der Waals surface area contributed by atoms with Gasteiger partial charge in [-0.2, -0.15) is 0 Å². The molecule has 0 bridgehead atoms. The second-order valence-corrected chi connectivity index (χ2v) is 6.31. The van der Waals surface area contributed by atoms with Crippen molar-refractivity contribution < 1.29 is 19.0 Å². The number of anilines is 3. The van der Waals surface area contributed by atoms with Crippen molar-refractivity contribution in [3.63, 3.8) is 0 Å². The Morgan fingerprint density at radius 3 is 2.31 bits per heavy atom. The summed E-state index contributed by atoms with van der Waals surface area (Å²) in [6.07, 6.45) is 3.13. The molecule has 3 rings (SSSR count). The number of benzene rings is 2. The molecule has 0 unspecified atom stereocenters. The molecule has 0 atom stereocenters. The Bertz CT molecular complexity index is 1020. The largest absolute Gasteiger partial charge is 0.497 e. The van der Waals surface area contributed by atoms with E-state index in [1.165, 1.54) is 6.20 Å². The zero-order valence-corrected chi connectivity index (χ0v) is 16.8. The smallest absolute Gasteiger partial charge is 0.257 e. The van der Waals surface area contributed by atoms with Gasteiger partial charge in [0, 0.05) is 12.3 Å². The molecule has 150 valence electrons. The molecule has 3 aromatic rings. The van der Waals surface area contributed by atoms with Gasteiger partial charge >= 0.3 is 0 Å². The molecule has 0 radical (unpaired) electrons. The van der Waals surface area contributed by atoms with Crippen LogP contribution in [0.4, 0.5) is 17.1 Å². The first-order chi connectivity index (χ1) is 14.0. The number of aromatic nitrogens is 1. The molecular weight excluding hydrogens is 370 g/mol. The van der Waals surface area contributed by atoms with E-state index in [0.717, 1.165) is 5.56 Å². The van der Waals surface area contributed by atoms with Gasteiger partial charge in [0.2, 0.25) is 0 Å². The number of hydrogen-bond donors (Lipinski definition) is 2. The molecule has 1 heterocycles. The predicted molar refractivity (Wildman–Crippen MR) is 113 cm³/mol. The lowest BCUT2D eigenvalue weighted by molar-refractivity contribution is 0.102. The first kappa shape index (κ1) is 20.0. The van der Waals surface area contributed by atoms with E-state index in [4.69, 9.17) is 14.2 Å². The van der Waals surface area contributed by atoms with Crippen LogP contribution in [0.1, 0.15) is 15.9 Å². The molecule has 2 aromatic carbocycles. The fraction of sp³-hybridized carbons (Fsp3) is 0.182. The van der Waals surface area contributed by atoms with Gasteiger partial charge in [-0.25, -0.2) is 0 Å². The van der Waals surface area contributed by atoms with Crippen molar-refractivity contribution in [3.8, 4) is 17.2 Å². The standard InChI is InChI=1S/C22H23N3O4/c1-14-5-7-20(28-3)18(9-14)25-22(26)15-10-16(13-23-12-15)24-19-11-17(27-2)6-8-21(19)29-4/h5-13,24H,1-4H3,(H,25,26). The molecular formula is C22H23N3O4. The number of carbonyl (C=O) groups is 1. The molecule has 7 nitrogen and oxygen atoms in total. The molecule has 0 aliphatic rings. The van der Waals surface area contributed by atoms with E-state index >= 15 is 0 Å². The number of carbonyl (C=O) groups excluding carboxylic acids is 1. The maximum atomic E-state index is 12.7. The van der Waals surface area contributed by atoms with Crippen molar-refractivity contribution in [1.82, 2.24) is 4.98 Å². The highest BCUT2D eigenvalue weighted by Crippen LogP contribution is 2.31. The molecule has 0 aliphatic heterocycles. The second kappa shape index (κ2) is 8.97. The van der Waals surface area contributed by atoms with Gasteiger partial charge in [-0.15, -0.1) is 0 Å². The number of aryl methyl sites for hydroxylation is 1. The SMILES string of the molecule is COc1ccc(OC)c(Nc2cncc(C(=O)Nc3cc(C)ccc3OC)c2)c1. The van der Waals surface area contributed by atoms with Crippen molar-refractivity contribution in [2.75, 3.05) is 32.0 Å². The summed E-state index contributed by atoms with van der Waals surface area (Å²) in [7, 11) is 4.75. The lowest BCUT2D eigenvalue weighted by Gasteiger charge is -2.14. The van der Waals surface area contributed by atoms with Crippen LogP contribution in [-0.2, 0) is 0 Å². The molecule has 1 amide bonds. The number of amides is 1. The van der Waals surface area contributed by atoms with E-state index in [9.17, 15) is 4.79 Å². The highest BCUT2D eigenvalue weighted by molar-refractivity contribution is 6.05. The maximum Gasteiger partial charge on any atom is 0.257 e. The summed E-state index contributed by atoms with van der Waals surface area (Å²) >= 11 is 0. The third-order valence-electron chi connectivity index (χ3n) is 4.29.